The van der Waals surface area contributed by atoms with Gasteiger partial charge in [0.25, 0.3) is 5.91 Å². The molecule has 0 radical (unpaired) electrons. The highest BCUT2D eigenvalue weighted by molar-refractivity contribution is 7.92. The molecule has 0 saturated heterocycles. The van der Waals surface area contributed by atoms with Gasteiger partial charge in [-0.2, -0.15) is 0 Å². The Morgan fingerprint density at radius 1 is 1.05 bits per heavy atom. The van der Waals surface area contributed by atoms with Gasteiger partial charge in [-0.3, -0.25) is 9.59 Å². The zero-order valence-corrected chi connectivity index (χ0v) is 22.3. The number of sulfone groups is 1. The average Bonchev–Trinajstić information content (AvgIpc) is 3.05. The molecule has 8 nitrogen and oxygen atoms in total. The Hall–Kier alpha value is -2.67. The molecule has 3 unspecified atom stereocenters. The molecule has 13 heteroatoms. The van der Waals surface area contributed by atoms with Crippen molar-refractivity contribution in [1.82, 2.24) is 5.32 Å². The first-order chi connectivity index (χ1) is 18.4. The van der Waals surface area contributed by atoms with Gasteiger partial charge in [0.15, 0.2) is 27.3 Å². The van der Waals surface area contributed by atoms with Gasteiger partial charge in [-0.05, 0) is 62.1 Å². The van der Waals surface area contributed by atoms with Crippen molar-refractivity contribution in [3.63, 3.8) is 0 Å². The molecule has 0 heterocycles. The van der Waals surface area contributed by atoms with E-state index in [1.54, 1.807) is 0 Å². The minimum atomic E-state index is -4.07. The standard InChI is InChI=1S/C26H28ClF3N2O6S/c27-19-6-3-14(25(35)32-17-11-20(28)24(30)21(29)12-17)8-22(19)39(37,38)18-9-15-4-5-16(10-18)26(15,36)13-31-23(34)2-1-7-33/h3,6,8,11-12,15-16,18,33,36H,1-2,4-5,7,9-10,13H2,(H,31,34)(H,32,35)/t15-,16?,18?,26?/m0/s1. The fourth-order valence-electron chi connectivity index (χ4n) is 5.59. The van der Waals surface area contributed by atoms with E-state index >= 15 is 0 Å². The maximum Gasteiger partial charge on any atom is 0.255 e. The molecule has 4 N–H and O–H groups in total. The molecule has 212 valence electrons. The summed E-state index contributed by atoms with van der Waals surface area (Å²) in [5.41, 5.74) is -1.77. The maximum absolute atomic E-state index is 13.7. The third kappa shape index (κ3) is 5.93. The summed E-state index contributed by atoms with van der Waals surface area (Å²) in [6, 6.07) is 4.74. The van der Waals surface area contributed by atoms with Crippen LogP contribution in [0.3, 0.4) is 0 Å². The third-order valence-corrected chi connectivity index (χ3v) is 10.3. The number of carbonyl (C=O) groups excluding carboxylic acids is 2. The van der Waals surface area contributed by atoms with E-state index in [1.807, 2.05) is 0 Å². The summed E-state index contributed by atoms with van der Waals surface area (Å²) >= 11 is 6.23. The highest BCUT2D eigenvalue weighted by atomic mass is 35.5. The van der Waals surface area contributed by atoms with Crippen molar-refractivity contribution < 1.29 is 41.4 Å². The molecule has 0 aliphatic heterocycles. The predicted molar refractivity (Wildman–Crippen MR) is 136 cm³/mol. The van der Waals surface area contributed by atoms with Crippen molar-refractivity contribution >= 4 is 38.9 Å². The van der Waals surface area contributed by atoms with Crippen LogP contribution in [0, 0.1) is 29.3 Å². The summed E-state index contributed by atoms with van der Waals surface area (Å²) in [6.45, 7) is -0.141. The topological polar surface area (TPSA) is 133 Å². The second-order valence-corrected chi connectivity index (χ2v) is 12.7. The van der Waals surface area contributed by atoms with E-state index in [2.05, 4.69) is 10.6 Å². The summed E-state index contributed by atoms with van der Waals surface area (Å²) in [4.78, 5) is 24.4. The van der Waals surface area contributed by atoms with Crippen molar-refractivity contribution in [2.24, 2.45) is 11.8 Å². The molecule has 2 aromatic rings. The molecule has 4 atom stereocenters. The Balaban J connectivity index is 1.51. The second-order valence-electron chi connectivity index (χ2n) is 10.1. The summed E-state index contributed by atoms with van der Waals surface area (Å²) in [5.74, 6) is -6.65. The molecule has 2 aromatic carbocycles. The van der Waals surface area contributed by atoms with Gasteiger partial charge in [-0.25, -0.2) is 21.6 Å². The highest BCUT2D eigenvalue weighted by Gasteiger charge is 2.55. The largest absolute Gasteiger partial charge is 0.396 e. The van der Waals surface area contributed by atoms with E-state index in [0.29, 0.717) is 31.4 Å². The second kappa shape index (κ2) is 11.4. The van der Waals surface area contributed by atoms with Crippen molar-refractivity contribution in [3.05, 3.63) is 58.4 Å². The van der Waals surface area contributed by atoms with Crippen LogP contribution in [-0.2, 0) is 14.6 Å². The number of anilines is 1. The van der Waals surface area contributed by atoms with Crippen LogP contribution >= 0.6 is 11.6 Å². The van der Waals surface area contributed by atoms with Gasteiger partial charge >= 0.3 is 0 Å². The maximum atomic E-state index is 13.7. The lowest BCUT2D eigenvalue weighted by atomic mass is 9.74. The number of nitrogens with one attached hydrogen (secondary N) is 2. The molecule has 2 saturated carbocycles. The van der Waals surface area contributed by atoms with Crippen LogP contribution in [0.5, 0.6) is 0 Å². The lowest BCUT2D eigenvalue weighted by Gasteiger charge is -2.42. The molecule has 0 spiro atoms. The van der Waals surface area contributed by atoms with E-state index in [-0.39, 0.29) is 71.3 Å². The molecule has 4 rings (SSSR count). The number of aliphatic hydroxyl groups is 2. The van der Waals surface area contributed by atoms with Crippen molar-refractivity contribution in [2.75, 3.05) is 18.5 Å². The summed E-state index contributed by atoms with van der Waals surface area (Å²) in [7, 11) is -4.07. The minimum Gasteiger partial charge on any atom is -0.396 e. The SMILES string of the molecule is O=C(CCCO)NCC1(O)C2CC[C@H]1CC(S(=O)(=O)c1cc(C(=O)Nc3cc(F)c(F)c(F)c3)ccc1Cl)C2. The molecule has 2 bridgehead atoms. The van der Waals surface area contributed by atoms with Gasteiger partial charge in [0, 0.05) is 43.0 Å². The van der Waals surface area contributed by atoms with E-state index < -0.39 is 44.0 Å². The average molecular weight is 589 g/mol. The van der Waals surface area contributed by atoms with Crippen molar-refractivity contribution in [1.29, 1.82) is 0 Å². The third-order valence-electron chi connectivity index (χ3n) is 7.68. The van der Waals surface area contributed by atoms with Gasteiger partial charge < -0.3 is 20.8 Å². The van der Waals surface area contributed by atoms with Gasteiger partial charge in [0.05, 0.1) is 20.8 Å². The van der Waals surface area contributed by atoms with Crippen LogP contribution in [0.15, 0.2) is 35.2 Å². The molecular weight excluding hydrogens is 561 g/mol. The summed E-state index contributed by atoms with van der Waals surface area (Å²) < 4.78 is 67.6. The number of hydrogen-bond acceptors (Lipinski definition) is 6. The van der Waals surface area contributed by atoms with Crippen LogP contribution in [0.1, 0.15) is 48.9 Å². The van der Waals surface area contributed by atoms with E-state index in [1.165, 1.54) is 12.1 Å². The number of halogens is 4. The Morgan fingerprint density at radius 2 is 1.67 bits per heavy atom. The van der Waals surface area contributed by atoms with Crippen LogP contribution < -0.4 is 10.6 Å². The first-order valence-electron chi connectivity index (χ1n) is 12.5. The number of fused-ring (bicyclic) bond motifs is 2. The number of amides is 2. The Kier molecular flexibility index (Phi) is 8.60. The number of carbonyl (C=O) groups is 2. The zero-order valence-electron chi connectivity index (χ0n) is 20.7. The lowest BCUT2D eigenvalue weighted by Crippen LogP contribution is -2.54. The predicted octanol–water partition coefficient (Wildman–Crippen LogP) is 3.59. The van der Waals surface area contributed by atoms with E-state index in [0.717, 1.165) is 6.07 Å². The Labute approximate surface area is 228 Å². The van der Waals surface area contributed by atoms with Crippen LogP contribution in [-0.4, -0.2) is 54.4 Å². The molecule has 2 aliphatic rings. The molecule has 2 amide bonds. The number of aliphatic hydroxyl groups excluding tert-OH is 1. The zero-order chi connectivity index (χ0) is 28.5. The summed E-state index contributed by atoms with van der Waals surface area (Å²) in [5, 5.41) is 24.1. The monoisotopic (exact) mass is 588 g/mol. The van der Waals surface area contributed by atoms with Gasteiger partial charge in [-0.15, -0.1) is 0 Å². The number of hydrogen-bond donors (Lipinski definition) is 4. The molecule has 0 aromatic heterocycles. The fourth-order valence-corrected chi connectivity index (χ4v) is 8.00. The normalized spacial score (nSPS) is 24.4. The van der Waals surface area contributed by atoms with Crippen LogP contribution in [0.4, 0.5) is 18.9 Å². The molecule has 2 fully saturated rings. The molecule has 2 aliphatic carbocycles. The minimum absolute atomic E-state index is 0.0135. The molecular formula is C26H28ClF3N2O6S. The Morgan fingerprint density at radius 3 is 2.26 bits per heavy atom. The summed E-state index contributed by atoms with van der Waals surface area (Å²) in [6.07, 6.45) is 1.84. The van der Waals surface area contributed by atoms with Crippen molar-refractivity contribution in [3.8, 4) is 0 Å². The van der Waals surface area contributed by atoms with Crippen molar-refractivity contribution in [2.45, 2.75) is 54.3 Å². The molecule has 39 heavy (non-hydrogen) atoms. The smallest absolute Gasteiger partial charge is 0.255 e. The first kappa shape index (κ1) is 29.3. The fraction of sp³-hybridized carbons (Fsp3) is 0.462. The number of benzene rings is 2. The quantitative estimate of drug-likeness (QED) is 0.331. The lowest BCUT2D eigenvalue weighted by molar-refractivity contribution is -0.124. The van der Waals surface area contributed by atoms with Gasteiger partial charge in [0.2, 0.25) is 5.91 Å². The first-order valence-corrected chi connectivity index (χ1v) is 14.4. The highest BCUT2D eigenvalue weighted by Crippen LogP contribution is 2.52. The van der Waals surface area contributed by atoms with Gasteiger partial charge in [-0.1, -0.05) is 11.6 Å². The van der Waals surface area contributed by atoms with Crippen LogP contribution in [0.25, 0.3) is 0 Å². The number of rotatable bonds is 9. The van der Waals surface area contributed by atoms with E-state index in [4.69, 9.17) is 16.7 Å². The Bertz CT molecular complexity index is 1350. The van der Waals surface area contributed by atoms with E-state index in [9.17, 15) is 36.3 Å². The van der Waals surface area contributed by atoms with Crippen LogP contribution in [0.2, 0.25) is 5.02 Å². The van der Waals surface area contributed by atoms with Gasteiger partial charge in [0.1, 0.15) is 0 Å².